The van der Waals surface area contributed by atoms with Gasteiger partial charge in [-0.05, 0) is 32.3 Å². The lowest BCUT2D eigenvalue weighted by Gasteiger charge is -2.10. The fraction of sp³-hybridized carbons (Fsp3) is 0.333. The van der Waals surface area contributed by atoms with Gasteiger partial charge in [0.1, 0.15) is 6.61 Å². The van der Waals surface area contributed by atoms with E-state index in [1.165, 1.54) is 0 Å². The van der Waals surface area contributed by atoms with Crippen molar-refractivity contribution in [2.24, 2.45) is 0 Å². The molecule has 1 aromatic heterocycles. The predicted molar refractivity (Wildman–Crippen MR) is 71.3 cm³/mol. The molecule has 0 fully saturated rings. The van der Waals surface area contributed by atoms with E-state index in [1.807, 2.05) is 32.3 Å². The van der Waals surface area contributed by atoms with Gasteiger partial charge in [-0.3, -0.25) is 0 Å². The summed E-state index contributed by atoms with van der Waals surface area (Å²) in [5.41, 5.74) is 1.70. The number of fused-ring (bicyclic) bond motifs is 1. The third-order valence-corrected chi connectivity index (χ3v) is 2.76. The van der Waals surface area contributed by atoms with Crippen LogP contribution >= 0.6 is 15.9 Å². The van der Waals surface area contributed by atoms with Crippen LogP contribution < -0.4 is 4.74 Å². The molecular weight excluding hydrogens is 282 g/mol. The normalized spacial score (nSPS) is 11.1. The Labute approximate surface area is 109 Å². The molecule has 0 saturated carbocycles. The molecule has 0 aliphatic rings. The molecule has 2 rings (SSSR count). The Kier molecular flexibility index (Phi) is 3.91. The van der Waals surface area contributed by atoms with Crippen LogP contribution in [-0.4, -0.2) is 42.1 Å². The van der Waals surface area contributed by atoms with E-state index in [-0.39, 0.29) is 0 Å². The van der Waals surface area contributed by atoms with Crippen LogP contribution in [0.3, 0.4) is 0 Å². The van der Waals surface area contributed by atoms with Gasteiger partial charge in [0.2, 0.25) is 5.88 Å². The zero-order valence-corrected chi connectivity index (χ0v) is 11.4. The number of hydrogen-bond donors (Lipinski definition) is 0. The fourth-order valence-electron chi connectivity index (χ4n) is 1.37. The number of hydrogen-bond acceptors (Lipinski definition) is 4. The van der Waals surface area contributed by atoms with E-state index < -0.39 is 0 Å². The first-order valence-corrected chi connectivity index (χ1v) is 6.14. The second-order valence-corrected chi connectivity index (χ2v) is 4.91. The number of ether oxygens (including phenoxy) is 1. The quantitative estimate of drug-likeness (QED) is 0.868. The monoisotopic (exact) mass is 295 g/mol. The van der Waals surface area contributed by atoms with Crippen molar-refractivity contribution in [3.8, 4) is 5.88 Å². The molecule has 0 bridgehead atoms. The van der Waals surface area contributed by atoms with Gasteiger partial charge in [0, 0.05) is 11.0 Å². The summed E-state index contributed by atoms with van der Waals surface area (Å²) in [6.45, 7) is 1.48. The highest BCUT2D eigenvalue weighted by atomic mass is 79.9. The van der Waals surface area contributed by atoms with Crippen molar-refractivity contribution in [2.45, 2.75) is 0 Å². The lowest BCUT2D eigenvalue weighted by molar-refractivity contribution is 0.254. The summed E-state index contributed by atoms with van der Waals surface area (Å²) >= 11 is 3.40. The summed E-state index contributed by atoms with van der Waals surface area (Å²) in [7, 11) is 4.01. The molecule has 90 valence electrons. The summed E-state index contributed by atoms with van der Waals surface area (Å²) in [4.78, 5) is 10.8. The number of nitrogens with zero attached hydrogens (tertiary/aromatic N) is 3. The molecule has 1 heterocycles. The van der Waals surface area contributed by atoms with Crippen LogP contribution in [0.2, 0.25) is 0 Å². The molecule has 17 heavy (non-hydrogen) atoms. The van der Waals surface area contributed by atoms with Crippen LogP contribution in [0.25, 0.3) is 11.0 Å². The number of benzene rings is 1. The number of rotatable bonds is 4. The molecule has 1 aromatic carbocycles. The van der Waals surface area contributed by atoms with Gasteiger partial charge in [-0.2, -0.15) is 0 Å². The molecule has 0 saturated heterocycles. The first-order valence-electron chi connectivity index (χ1n) is 5.35. The second kappa shape index (κ2) is 5.42. The van der Waals surface area contributed by atoms with Gasteiger partial charge in [0.25, 0.3) is 0 Å². The van der Waals surface area contributed by atoms with Crippen LogP contribution in [0.4, 0.5) is 0 Å². The molecule has 4 nitrogen and oxygen atoms in total. The Morgan fingerprint density at radius 2 is 2.12 bits per heavy atom. The Morgan fingerprint density at radius 3 is 2.88 bits per heavy atom. The van der Waals surface area contributed by atoms with Crippen molar-refractivity contribution in [1.29, 1.82) is 0 Å². The zero-order valence-electron chi connectivity index (χ0n) is 9.85. The van der Waals surface area contributed by atoms with Crippen molar-refractivity contribution in [3.05, 3.63) is 28.9 Å². The molecule has 0 aliphatic heterocycles. The van der Waals surface area contributed by atoms with Crippen molar-refractivity contribution in [3.63, 3.8) is 0 Å². The molecule has 0 atom stereocenters. The summed E-state index contributed by atoms with van der Waals surface area (Å²) < 4.78 is 6.53. The van der Waals surface area contributed by atoms with Crippen LogP contribution in [0.15, 0.2) is 28.9 Å². The highest BCUT2D eigenvalue weighted by Crippen LogP contribution is 2.18. The van der Waals surface area contributed by atoms with Gasteiger partial charge in [0.05, 0.1) is 17.2 Å². The van der Waals surface area contributed by atoms with Gasteiger partial charge in [-0.1, -0.05) is 15.9 Å². The second-order valence-electron chi connectivity index (χ2n) is 3.99. The van der Waals surface area contributed by atoms with Crippen LogP contribution in [0, 0.1) is 0 Å². The molecule has 0 radical (unpaired) electrons. The highest BCUT2D eigenvalue weighted by molar-refractivity contribution is 9.10. The first-order chi connectivity index (χ1) is 8.15. The van der Waals surface area contributed by atoms with Gasteiger partial charge in [0.15, 0.2) is 0 Å². The number of likely N-dealkylation sites (N-methyl/N-ethyl adjacent to an activating group) is 1. The maximum Gasteiger partial charge on any atom is 0.232 e. The van der Waals surface area contributed by atoms with Crippen molar-refractivity contribution in [1.82, 2.24) is 14.9 Å². The Balaban J connectivity index is 2.12. The van der Waals surface area contributed by atoms with E-state index in [2.05, 4.69) is 30.8 Å². The summed E-state index contributed by atoms with van der Waals surface area (Å²) in [6.07, 6.45) is 1.66. The van der Waals surface area contributed by atoms with Crippen molar-refractivity contribution < 1.29 is 4.74 Å². The smallest absolute Gasteiger partial charge is 0.232 e. The number of halogens is 1. The molecule has 0 spiro atoms. The zero-order chi connectivity index (χ0) is 12.3. The Morgan fingerprint density at radius 1 is 1.29 bits per heavy atom. The van der Waals surface area contributed by atoms with Gasteiger partial charge >= 0.3 is 0 Å². The van der Waals surface area contributed by atoms with Crippen molar-refractivity contribution >= 4 is 27.0 Å². The minimum Gasteiger partial charge on any atom is -0.475 e. The molecule has 0 unspecified atom stereocenters. The third kappa shape index (κ3) is 3.38. The SMILES string of the molecule is CN(C)CCOc1cnc2cc(Br)ccc2n1. The Bertz CT molecular complexity index is 516. The predicted octanol–water partition coefficient (Wildman–Crippen LogP) is 2.33. The topological polar surface area (TPSA) is 38.2 Å². The third-order valence-electron chi connectivity index (χ3n) is 2.27. The average Bonchev–Trinajstić information content (AvgIpc) is 2.29. The van der Waals surface area contributed by atoms with E-state index in [0.29, 0.717) is 12.5 Å². The summed E-state index contributed by atoms with van der Waals surface area (Å²) in [6, 6.07) is 5.80. The standard InChI is InChI=1S/C12H14BrN3O/c1-16(2)5-6-17-12-8-14-11-7-9(13)3-4-10(11)15-12/h3-4,7-8H,5-6H2,1-2H3. The molecular formula is C12H14BrN3O. The molecule has 0 amide bonds. The molecule has 0 N–H and O–H groups in total. The van der Waals surface area contributed by atoms with Crippen LogP contribution in [-0.2, 0) is 0 Å². The minimum absolute atomic E-state index is 0.571. The molecule has 5 heteroatoms. The van der Waals surface area contributed by atoms with Gasteiger partial charge in [-0.25, -0.2) is 9.97 Å². The van der Waals surface area contributed by atoms with Crippen LogP contribution in [0.1, 0.15) is 0 Å². The number of aromatic nitrogens is 2. The van der Waals surface area contributed by atoms with Gasteiger partial charge in [-0.15, -0.1) is 0 Å². The van der Waals surface area contributed by atoms with E-state index in [9.17, 15) is 0 Å². The van der Waals surface area contributed by atoms with Crippen LogP contribution in [0.5, 0.6) is 5.88 Å². The summed E-state index contributed by atoms with van der Waals surface area (Å²) in [5.74, 6) is 0.571. The largest absolute Gasteiger partial charge is 0.475 e. The van der Waals surface area contributed by atoms with Crippen molar-refractivity contribution in [2.75, 3.05) is 27.2 Å². The fourth-order valence-corrected chi connectivity index (χ4v) is 1.72. The van der Waals surface area contributed by atoms with E-state index >= 15 is 0 Å². The Hall–Kier alpha value is -1.20. The van der Waals surface area contributed by atoms with E-state index in [4.69, 9.17) is 4.74 Å². The lowest BCUT2D eigenvalue weighted by atomic mass is 10.3. The summed E-state index contributed by atoms with van der Waals surface area (Å²) in [5, 5.41) is 0. The van der Waals surface area contributed by atoms with Gasteiger partial charge < -0.3 is 9.64 Å². The molecule has 2 aromatic rings. The first kappa shape index (κ1) is 12.3. The van der Waals surface area contributed by atoms with E-state index in [1.54, 1.807) is 6.20 Å². The maximum absolute atomic E-state index is 5.53. The molecule has 0 aliphatic carbocycles. The van der Waals surface area contributed by atoms with E-state index in [0.717, 1.165) is 22.1 Å². The maximum atomic E-state index is 5.53. The minimum atomic E-state index is 0.571. The lowest BCUT2D eigenvalue weighted by Crippen LogP contribution is -2.19. The highest BCUT2D eigenvalue weighted by Gasteiger charge is 2.01. The average molecular weight is 296 g/mol.